The SMILES string of the molecule is COC(=O)c1ccc2nc(N3C(=O)[C@@]4(C)[C@H]5CC[C@@H](O5)[C@@]4(C)C3=O)sc2c1. The molecule has 2 amide bonds. The van der Waals surface area contributed by atoms with E-state index in [4.69, 9.17) is 9.47 Å². The standard InChI is InChI=1S/C19H18N2O5S/c1-18-12-6-7-13(26-12)19(18,2)16(24)21(15(18)23)17-20-10-5-4-9(14(22)25-3)8-11(10)27-17/h4-5,8,12-13H,6-7H2,1-3H3/t12-,13-,18-,19+/m1/s1. The lowest BCUT2D eigenvalue weighted by atomic mass is 9.59. The van der Waals surface area contributed by atoms with Crippen molar-refractivity contribution in [3.8, 4) is 0 Å². The average Bonchev–Trinajstić information content (AvgIpc) is 3.38. The summed E-state index contributed by atoms with van der Waals surface area (Å²) in [4.78, 5) is 44.1. The highest BCUT2D eigenvalue weighted by Crippen LogP contribution is 2.64. The maximum atomic E-state index is 13.3. The number of carbonyl (C=O) groups excluding carboxylic acids is 3. The van der Waals surface area contributed by atoms with E-state index in [1.54, 1.807) is 18.2 Å². The number of hydrogen-bond acceptors (Lipinski definition) is 7. The van der Waals surface area contributed by atoms with Crippen LogP contribution in [0.2, 0.25) is 0 Å². The summed E-state index contributed by atoms with van der Waals surface area (Å²) >= 11 is 1.23. The molecule has 8 heteroatoms. The molecule has 0 aliphatic carbocycles. The molecular weight excluding hydrogens is 368 g/mol. The molecule has 0 unspecified atom stereocenters. The molecule has 0 radical (unpaired) electrons. The largest absolute Gasteiger partial charge is 0.465 e. The first-order valence-corrected chi connectivity index (χ1v) is 9.67. The fourth-order valence-corrected chi connectivity index (χ4v) is 5.86. The minimum absolute atomic E-state index is 0.228. The number of amides is 2. The van der Waals surface area contributed by atoms with Crippen LogP contribution in [0.1, 0.15) is 37.0 Å². The highest BCUT2D eigenvalue weighted by molar-refractivity contribution is 7.22. The average molecular weight is 386 g/mol. The van der Waals surface area contributed by atoms with E-state index < -0.39 is 16.8 Å². The Balaban J connectivity index is 1.60. The number of anilines is 1. The Morgan fingerprint density at radius 1 is 1.22 bits per heavy atom. The maximum absolute atomic E-state index is 13.3. The lowest BCUT2D eigenvalue weighted by molar-refractivity contribution is -0.132. The number of esters is 1. The van der Waals surface area contributed by atoms with Gasteiger partial charge in [0.05, 0.1) is 45.9 Å². The molecule has 5 rings (SSSR count). The fourth-order valence-electron chi connectivity index (χ4n) is 4.86. The number of carbonyl (C=O) groups is 3. The molecule has 4 heterocycles. The van der Waals surface area contributed by atoms with Crippen molar-refractivity contribution in [3.63, 3.8) is 0 Å². The van der Waals surface area contributed by atoms with E-state index in [1.165, 1.54) is 23.3 Å². The number of benzene rings is 1. The molecule has 2 bridgehead atoms. The summed E-state index contributed by atoms with van der Waals surface area (Å²) in [6.07, 6.45) is 1.14. The lowest BCUT2D eigenvalue weighted by Gasteiger charge is -2.36. The molecule has 27 heavy (non-hydrogen) atoms. The van der Waals surface area contributed by atoms with Crippen LogP contribution in [0.4, 0.5) is 5.13 Å². The topological polar surface area (TPSA) is 85.8 Å². The number of rotatable bonds is 2. The van der Waals surface area contributed by atoms with Gasteiger partial charge in [0.15, 0.2) is 5.13 Å². The Hall–Kier alpha value is -2.32. The number of aromatic nitrogens is 1. The van der Waals surface area contributed by atoms with Gasteiger partial charge in [0, 0.05) is 0 Å². The third-order valence-electron chi connectivity index (χ3n) is 6.67. The number of fused-ring (bicyclic) bond motifs is 6. The number of thiazole rings is 1. The number of imide groups is 1. The molecule has 3 saturated heterocycles. The molecule has 2 aromatic rings. The zero-order chi connectivity index (χ0) is 19.1. The highest BCUT2D eigenvalue weighted by Gasteiger charge is 2.77. The molecule has 7 nitrogen and oxygen atoms in total. The van der Waals surface area contributed by atoms with Gasteiger partial charge in [0.25, 0.3) is 0 Å². The fraction of sp³-hybridized carbons (Fsp3) is 0.474. The summed E-state index contributed by atoms with van der Waals surface area (Å²) in [6, 6.07) is 4.99. The summed E-state index contributed by atoms with van der Waals surface area (Å²) in [5.74, 6) is -0.924. The lowest BCUT2D eigenvalue weighted by Crippen LogP contribution is -2.48. The summed E-state index contributed by atoms with van der Waals surface area (Å²) in [5, 5.41) is 0.346. The van der Waals surface area contributed by atoms with Gasteiger partial charge in [-0.25, -0.2) is 14.7 Å². The van der Waals surface area contributed by atoms with E-state index in [0.717, 1.165) is 17.5 Å². The van der Waals surface area contributed by atoms with Gasteiger partial charge in [-0.1, -0.05) is 11.3 Å². The van der Waals surface area contributed by atoms with Crippen molar-refractivity contribution < 1.29 is 23.9 Å². The van der Waals surface area contributed by atoms with Crippen LogP contribution in [0.25, 0.3) is 10.2 Å². The monoisotopic (exact) mass is 386 g/mol. The predicted molar refractivity (Wildman–Crippen MR) is 97.6 cm³/mol. The molecule has 3 aliphatic rings. The van der Waals surface area contributed by atoms with Crippen molar-refractivity contribution in [1.29, 1.82) is 0 Å². The highest BCUT2D eigenvalue weighted by atomic mass is 32.1. The smallest absolute Gasteiger partial charge is 0.337 e. The van der Waals surface area contributed by atoms with Crippen LogP contribution in [0.15, 0.2) is 18.2 Å². The van der Waals surface area contributed by atoms with Gasteiger partial charge in [-0.3, -0.25) is 9.59 Å². The van der Waals surface area contributed by atoms with Gasteiger partial charge >= 0.3 is 5.97 Å². The number of ether oxygens (including phenoxy) is 2. The quantitative estimate of drug-likeness (QED) is 0.582. The van der Waals surface area contributed by atoms with Crippen LogP contribution in [-0.4, -0.2) is 42.1 Å². The molecule has 4 atom stereocenters. The van der Waals surface area contributed by atoms with Gasteiger partial charge in [-0.05, 0) is 44.9 Å². The summed E-state index contributed by atoms with van der Waals surface area (Å²) in [6.45, 7) is 3.69. The van der Waals surface area contributed by atoms with E-state index in [2.05, 4.69) is 4.98 Å². The summed E-state index contributed by atoms with van der Waals surface area (Å²) in [5.41, 5.74) is -0.680. The second-order valence-corrected chi connectivity index (χ2v) is 8.72. The predicted octanol–water partition coefficient (Wildman–Crippen LogP) is 2.53. The van der Waals surface area contributed by atoms with Gasteiger partial charge in [0.1, 0.15) is 0 Å². The zero-order valence-electron chi connectivity index (χ0n) is 15.1. The second-order valence-electron chi connectivity index (χ2n) is 7.71. The first-order chi connectivity index (χ1) is 12.8. The number of hydrogen-bond donors (Lipinski definition) is 0. The Labute approximate surface area is 159 Å². The minimum Gasteiger partial charge on any atom is -0.465 e. The minimum atomic E-state index is -0.859. The van der Waals surface area contributed by atoms with Gasteiger partial charge in [0.2, 0.25) is 11.8 Å². The molecule has 0 spiro atoms. The first-order valence-electron chi connectivity index (χ1n) is 8.85. The van der Waals surface area contributed by atoms with Crippen LogP contribution in [0, 0.1) is 10.8 Å². The van der Waals surface area contributed by atoms with Crippen LogP contribution < -0.4 is 4.90 Å². The van der Waals surface area contributed by atoms with Crippen molar-refractivity contribution in [1.82, 2.24) is 4.98 Å². The number of methoxy groups -OCH3 is 1. The Bertz CT molecular complexity index is 998. The first kappa shape index (κ1) is 16.8. The van der Waals surface area contributed by atoms with E-state index >= 15 is 0 Å². The molecule has 1 aromatic carbocycles. The number of nitrogens with zero attached hydrogens (tertiary/aromatic N) is 2. The summed E-state index contributed by atoms with van der Waals surface area (Å²) < 4.78 is 11.4. The van der Waals surface area contributed by atoms with E-state index in [0.29, 0.717) is 16.2 Å². The van der Waals surface area contributed by atoms with Crippen LogP contribution in [0.5, 0.6) is 0 Å². The Morgan fingerprint density at radius 2 is 1.85 bits per heavy atom. The van der Waals surface area contributed by atoms with Crippen LogP contribution in [-0.2, 0) is 19.1 Å². The normalized spacial score (nSPS) is 34.6. The van der Waals surface area contributed by atoms with Gasteiger partial charge in [-0.15, -0.1) is 0 Å². The van der Waals surface area contributed by atoms with E-state index in [-0.39, 0.29) is 24.0 Å². The summed E-state index contributed by atoms with van der Waals surface area (Å²) in [7, 11) is 1.32. The van der Waals surface area contributed by atoms with Crippen LogP contribution in [0.3, 0.4) is 0 Å². The van der Waals surface area contributed by atoms with Crippen molar-refractivity contribution in [2.75, 3.05) is 12.0 Å². The molecule has 3 aliphatic heterocycles. The van der Waals surface area contributed by atoms with E-state index in [9.17, 15) is 14.4 Å². The Morgan fingerprint density at radius 3 is 2.44 bits per heavy atom. The Kier molecular flexibility index (Phi) is 3.20. The zero-order valence-corrected chi connectivity index (χ0v) is 16.0. The molecule has 3 fully saturated rings. The van der Waals surface area contributed by atoms with Crippen molar-refractivity contribution in [3.05, 3.63) is 23.8 Å². The van der Waals surface area contributed by atoms with Crippen molar-refractivity contribution in [2.45, 2.75) is 38.9 Å². The van der Waals surface area contributed by atoms with Crippen molar-refractivity contribution >= 4 is 44.5 Å². The molecular formula is C19H18N2O5S. The molecule has 0 N–H and O–H groups in total. The maximum Gasteiger partial charge on any atom is 0.337 e. The second kappa shape index (κ2) is 5.14. The third kappa shape index (κ3) is 1.80. The van der Waals surface area contributed by atoms with Crippen molar-refractivity contribution in [2.24, 2.45) is 10.8 Å². The van der Waals surface area contributed by atoms with Crippen LogP contribution >= 0.6 is 11.3 Å². The van der Waals surface area contributed by atoms with Gasteiger partial charge < -0.3 is 9.47 Å². The van der Waals surface area contributed by atoms with E-state index in [1.807, 2.05) is 13.8 Å². The van der Waals surface area contributed by atoms with Gasteiger partial charge in [-0.2, -0.15) is 0 Å². The molecule has 1 aromatic heterocycles. The molecule has 140 valence electrons. The third-order valence-corrected chi connectivity index (χ3v) is 7.67. The molecule has 0 saturated carbocycles.